The molecule has 7 heteroatoms. The second-order valence-electron chi connectivity index (χ2n) is 7.62. The fourth-order valence-corrected chi connectivity index (χ4v) is 3.72. The molecule has 0 bridgehead atoms. The molecular weight excluding hydrogens is 414 g/mol. The lowest BCUT2D eigenvalue weighted by Gasteiger charge is -2.08. The SMILES string of the molecule is O=C(Cn1ncc2ccccc2c1=O)NCc1cn(-c2ccccc2)nc1-c1ccccc1. The van der Waals surface area contributed by atoms with Crippen LogP contribution in [0.2, 0.25) is 0 Å². The standard InChI is InChI=1S/C26H21N5O2/c32-24(18-31-26(33)23-14-8-7-11-20(23)16-28-31)27-15-21-17-30(22-12-5-2-6-13-22)29-25(21)19-9-3-1-4-10-19/h1-14,16-17H,15,18H2,(H,27,32). The molecule has 1 amide bonds. The van der Waals surface area contributed by atoms with Crippen molar-refractivity contribution in [1.82, 2.24) is 24.9 Å². The predicted octanol–water partition coefficient (Wildman–Crippen LogP) is 3.57. The molecule has 2 heterocycles. The minimum Gasteiger partial charge on any atom is -0.350 e. The van der Waals surface area contributed by atoms with Crippen molar-refractivity contribution in [3.63, 3.8) is 0 Å². The van der Waals surface area contributed by atoms with E-state index in [-0.39, 0.29) is 24.6 Å². The maximum atomic E-state index is 12.7. The lowest BCUT2D eigenvalue weighted by molar-refractivity contribution is -0.122. The van der Waals surface area contributed by atoms with Gasteiger partial charge in [0.05, 0.1) is 23.0 Å². The largest absolute Gasteiger partial charge is 0.350 e. The lowest BCUT2D eigenvalue weighted by atomic mass is 10.1. The Morgan fingerprint density at radius 1 is 0.879 bits per heavy atom. The monoisotopic (exact) mass is 435 g/mol. The summed E-state index contributed by atoms with van der Waals surface area (Å²) in [5.41, 5.74) is 3.27. The van der Waals surface area contributed by atoms with E-state index in [1.165, 1.54) is 4.68 Å². The highest BCUT2D eigenvalue weighted by Crippen LogP contribution is 2.23. The van der Waals surface area contributed by atoms with E-state index in [0.29, 0.717) is 5.39 Å². The summed E-state index contributed by atoms with van der Waals surface area (Å²) < 4.78 is 2.99. The third kappa shape index (κ3) is 4.29. The maximum absolute atomic E-state index is 12.7. The van der Waals surface area contributed by atoms with Crippen molar-refractivity contribution < 1.29 is 4.79 Å². The van der Waals surface area contributed by atoms with Crippen LogP contribution < -0.4 is 10.9 Å². The summed E-state index contributed by atoms with van der Waals surface area (Å²) in [5.74, 6) is -0.300. The van der Waals surface area contributed by atoms with Gasteiger partial charge in [0.15, 0.2) is 0 Å². The number of amides is 1. The Kier molecular flexibility index (Phi) is 5.51. The molecule has 0 fully saturated rings. The van der Waals surface area contributed by atoms with Gasteiger partial charge in [-0.2, -0.15) is 10.2 Å². The van der Waals surface area contributed by atoms with Gasteiger partial charge < -0.3 is 5.32 Å². The van der Waals surface area contributed by atoms with Gasteiger partial charge in [0.1, 0.15) is 6.54 Å². The fourth-order valence-electron chi connectivity index (χ4n) is 3.72. The Morgan fingerprint density at radius 2 is 1.58 bits per heavy atom. The number of nitrogens with one attached hydrogen (secondary N) is 1. The van der Waals surface area contributed by atoms with Crippen LogP contribution in [0.1, 0.15) is 5.56 Å². The van der Waals surface area contributed by atoms with Crippen LogP contribution >= 0.6 is 0 Å². The minimum absolute atomic E-state index is 0.156. The van der Waals surface area contributed by atoms with Crippen LogP contribution in [0, 0.1) is 0 Å². The number of benzene rings is 3. The molecule has 0 aliphatic carbocycles. The Hall–Kier alpha value is -4.52. The normalized spacial score (nSPS) is 10.9. The second kappa shape index (κ2) is 8.92. The van der Waals surface area contributed by atoms with E-state index in [2.05, 4.69) is 10.4 Å². The summed E-state index contributed by atoms with van der Waals surface area (Å²) in [5, 5.41) is 13.1. The van der Waals surface area contributed by atoms with Gasteiger partial charge in [-0.3, -0.25) is 9.59 Å². The van der Waals surface area contributed by atoms with E-state index in [1.54, 1.807) is 23.0 Å². The van der Waals surface area contributed by atoms with Crippen molar-refractivity contribution in [1.29, 1.82) is 0 Å². The molecule has 0 aliphatic heterocycles. The number of aromatic nitrogens is 4. The van der Waals surface area contributed by atoms with Gasteiger partial charge in [-0.25, -0.2) is 9.36 Å². The summed E-state index contributed by atoms with van der Waals surface area (Å²) in [6.07, 6.45) is 3.51. The van der Waals surface area contributed by atoms with Crippen LogP contribution in [-0.2, 0) is 17.9 Å². The van der Waals surface area contributed by atoms with E-state index in [9.17, 15) is 9.59 Å². The van der Waals surface area contributed by atoms with Crippen molar-refractivity contribution in [2.45, 2.75) is 13.1 Å². The zero-order valence-electron chi connectivity index (χ0n) is 17.8. The molecule has 0 unspecified atom stereocenters. The summed E-state index contributed by atoms with van der Waals surface area (Å²) in [6.45, 7) is 0.120. The van der Waals surface area contributed by atoms with E-state index in [1.807, 2.05) is 79.0 Å². The van der Waals surface area contributed by atoms with E-state index < -0.39 is 0 Å². The van der Waals surface area contributed by atoms with Crippen molar-refractivity contribution in [2.24, 2.45) is 0 Å². The molecule has 0 spiro atoms. The third-order valence-electron chi connectivity index (χ3n) is 5.39. The van der Waals surface area contributed by atoms with Crippen molar-refractivity contribution in [2.75, 3.05) is 0 Å². The molecule has 162 valence electrons. The number of carbonyl (C=O) groups is 1. The van der Waals surface area contributed by atoms with Gasteiger partial charge in [0.25, 0.3) is 5.56 Å². The van der Waals surface area contributed by atoms with Gasteiger partial charge in [0.2, 0.25) is 5.91 Å². The number of hydrogen-bond donors (Lipinski definition) is 1. The third-order valence-corrected chi connectivity index (χ3v) is 5.39. The summed E-state index contributed by atoms with van der Waals surface area (Å²) in [4.78, 5) is 25.3. The number of rotatable bonds is 6. The van der Waals surface area contributed by atoms with Crippen molar-refractivity contribution in [3.05, 3.63) is 113 Å². The van der Waals surface area contributed by atoms with Crippen LogP contribution in [0.5, 0.6) is 0 Å². The molecule has 0 atom stereocenters. The molecule has 5 rings (SSSR count). The zero-order chi connectivity index (χ0) is 22.6. The average Bonchev–Trinajstić information content (AvgIpc) is 3.30. The smallest absolute Gasteiger partial charge is 0.275 e. The van der Waals surface area contributed by atoms with Crippen LogP contribution in [-0.4, -0.2) is 25.5 Å². The first kappa shape index (κ1) is 20.4. The van der Waals surface area contributed by atoms with Gasteiger partial charge >= 0.3 is 0 Å². The van der Waals surface area contributed by atoms with Crippen LogP contribution in [0.25, 0.3) is 27.7 Å². The molecule has 3 aromatic carbocycles. The minimum atomic E-state index is -0.300. The zero-order valence-corrected chi connectivity index (χ0v) is 17.8. The lowest BCUT2D eigenvalue weighted by Crippen LogP contribution is -2.33. The molecule has 0 radical (unpaired) electrons. The Balaban J connectivity index is 1.38. The molecule has 2 aromatic heterocycles. The number of carbonyl (C=O) groups excluding carboxylic acids is 1. The molecule has 0 saturated heterocycles. The summed E-state index contributed by atoms with van der Waals surface area (Å²) in [7, 11) is 0. The molecule has 0 aliphatic rings. The molecule has 5 aromatic rings. The first-order valence-corrected chi connectivity index (χ1v) is 10.6. The Morgan fingerprint density at radius 3 is 2.36 bits per heavy atom. The molecule has 33 heavy (non-hydrogen) atoms. The van der Waals surface area contributed by atoms with E-state index in [4.69, 9.17) is 5.10 Å². The van der Waals surface area contributed by atoms with Gasteiger partial charge in [0, 0.05) is 29.3 Å². The predicted molar refractivity (Wildman–Crippen MR) is 127 cm³/mol. The van der Waals surface area contributed by atoms with Gasteiger partial charge in [-0.1, -0.05) is 66.7 Å². The highest BCUT2D eigenvalue weighted by Gasteiger charge is 2.14. The Bertz CT molecular complexity index is 1470. The fraction of sp³-hybridized carbons (Fsp3) is 0.0769. The highest BCUT2D eigenvalue weighted by molar-refractivity contribution is 5.81. The summed E-state index contributed by atoms with van der Waals surface area (Å²) >= 11 is 0. The number of para-hydroxylation sites is 1. The first-order valence-electron chi connectivity index (χ1n) is 10.6. The van der Waals surface area contributed by atoms with E-state index in [0.717, 1.165) is 27.9 Å². The van der Waals surface area contributed by atoms with Crippen LogP contribution in [0.3, 0.4) is 0 Å². The van der Waals surface area contributed by atoms with Gasteiger partial charge in [-0.15, -0.1) is 0 Å². The second-order valence-corrected chi connectivity index (χ2v) is 7.62. The van der Waals surface area contributed by atoms with Gasteiger partial charge in [-0.05, 0) is 18.2 Å². The number of nitrogens with zero attached hydrogens (tertiary/aromatic N) is 4. The van der Waals surface area contributed by atoms with Crippen LogP contribution in [0.4, 0.5) is 0 Å². The average molecular weight is 435 g/mol. The summed E-state index contributed by atoms with van der Waals surface area (Å²) in [6, 6.07) is 26.8. The molecule has 0 saturated carbocycles. The quantitative estimate of drug-likeness (QED) is 0.442. The maximum Gasteiger partial charge on any atom is 0.275 e. The topological polar surface area (TPSA) is 81.8 Å². The van der Waals surface area contributed by atoms with Crippen molar-refractivity contribution in [3.8, 4) is 16.9 Å². The number of hydrogen-bond acceptors (Lipinski definition) is 4. The first-order chi connectivity index (χ1) is 16.2. The molecule has 7 nitrogen and oxygen atoms in total. The highest BCUT2D eigenvalue weighted by atomic mass is 16.2. The van der Waals surface area contributed by atoms with E-state index >= 15 is 0 Å². The number of fused-ring (bicyclic) bond motifs is 1. The van der Waals surface area contributed by atoms with Crippen LogP contribution in [0.15, 0.2) is 102 Å². The molecule has 1 N–H and O–H groups in total. The Labute approximate surface area is 189 Å². The van der Waals surface area contributed by atoms with Crippen molar-refractivity contribution >= 4 is 16.7 Å². The molecular formula is C26H21N5O2.